The van der Waals surface area contributed by atoms with Gasteiger partial charge in [-0.25, -0.2) is 4.39 Å². The second kappa shape index (κ2) is 4.88. The molecular weight excluding hydrogens is 211 g/mol. The third kappa shape index (κ3) is 2.66. The number of rotatable bonds is 4. The van der Waals surface area contributed by atoms with Gasteiger partial charge in [-0.1, -0.05) is 13.0 Å². The van der Waals surface area contributed by atoms with Gasteiger partial charge in [-0.05, 0) is 30.5 Å². The van der Waals surface area contributed by atoms with Crippen LogP contribution in [0, 0.1) is 18.7 Å². The maximum absolute atomic E-state index is 13.2. The van der Waals surface area contributed by atoms with E-state index in [1.165, 1.54) is 6.07 Å². The van der Waals surface area contributed by atoms with Crippen LogP contribution in [0.25, 0.3) is 0 Å². The maximum atomic E-state index is 13.2. The lowest BCUT2D eigenvalue weighted by Gasteiger charge is -2.10. The van der Waals surface area contributed by atoms with Crippen LogP contribution in [0.4, 0.5) is 4.39 Å². The van der Waals surface area contributed by atoms with Crippen LogP contribution in [-0.2, 0) is 11.2 Å². The number of aliphatic carboxylic acids is 1. The molecule has 0 aromatic heterocycles. The largest absolute Gasteiger partial charge is 0.481 e. The number of hydrogen-bond acceptors (Lipinski definition) is 2. The van der Waals surface area contributed by atoms with Crippen molar-refractivity contribution in [3.05, 3.63) is 34.6 Å². The second-order valence-corrected chi connectivity index (χ2v) is 3.86. The zero-order valence-corrected chi connectivity index (χ0v) is 9.16. The minimum Gasteiger partial charge on any atom is -0.481 e. The summed E-state index contributed by atoms with van der Waals surface area (Å²) in [6, 6.07) is 2.67. The third-order valence-electron chi connectivity index (χ3n) is 2.50. The maximum Gasteiger partial charge on any atom is 0.306 e. The van der Waals surface area contributed by atoms with E-state index in [1.54, 1.807) is 13.8 Å². The Labute approximate surface area is 92.9 Å². The molecule has 1 atom stereocenters. The van der Waals surface area contributed by atoms with Gasteiger partial charge in [-0.15, -0.1) is 0 Å². The molecule has 1 aromatic rings. The summed E-state index contributed by atoms with van der Waals surface area (Å²) in [6.07, 6.45) is 0.775. The molecule has 0 aliphatic rings. The van der Waals surface area contributed by atoms with E-state index in [0.717, 1.165) is 6.07 Å². The summed E-state index contributed by atoms with van der Waals surface area (Å²) in [7, 11) is 0. The van der Waals surface area contributed by atoms with Crippen molar-refractivity contribution in [3.63, 3.8) is 0 Å². The zero-order valence-electron chi connectivity index (χ0n) is 9.16. The van der Waals surface area contributed by atoms with Gasteiger partial charge in [0.05, 0.1) is 5.92 Å². The Morgan fingerprint density at radius 1 is 1.56 bits per heavy atom. The first-order valence-corrected chi connectivity index (χ1v) is 4.92. The van der Waals surface area contributed by atoms with E-state index < -0.39 is 17.7 Å². The molecular formula is C12H13FO3. The number of aldehydes is 1. The Bertz CT molecular complexity index is 427. The topological polar surface area (TPSA) is 54.4 Å². The van der Waals surface area contributed by atoms with Crippen LogP contribution in [-0.4, -0.2) is 17.4 Å². The van der Waals surface area contributed by atoms with Crippen molar-refractivity contribution in [1.29, 1.82) is 0 Å². The van der Waals surface area contributed by atoms with Crippen LogP contribution in [0.5, 0.6) is 0 Å². The lowest BCUT2D eigenvalue weighted by molar-refractivity contribution is -0.141. The fourth-order valence-corrected chi connectivity index (χ4v) is 1.46. The van der Waals surface area contributed by atoms with Crippen molar-refractivity contribution >= 4 is 12.3 Å². The van der Waals surface area contributed by atoms with E-state index in [1.807, 2.05) is 0 Å². The molecule has 0 aliphatic heterocycles. The SMILES string of the molecule is Cc1cc(CC(C)C(=O)O)c(C=O)cc1F. The van der Waals surface area contributed by atoms with E-state index in [0.29, 0.717) is 17.4 Å². The lowest BCUT2D eigenvalue weighted by Crippen LogP contribution is -2.13. The first-order chi connectivity index (χ1) is 7.45. The van der Waals surface area contributed by atoms with Gasteiger partial charge in [-0.2, -0.15) is 0 Å². The summed E-state index contributed by atoms with van der Waals surface area (Å²) in [6.45, 7) is 3.13. The van der Waals surface area contributed by atoms with Crippen LogP contribution >= 0.6 is 0 Å². The molecule has 0 amide bonds. The van der Waals surface area contributed by atoms with Gasteiger partial charge in [0.15, 0.2) is 0 Å². The van der Waals surface area contributed by atoms with Gasteiger partial charge < -0.3 is 5.11 Å². The summed E-state index contributed by atoms with van der Waals surface area (Å²) in [5.74, 6) is -1.98. The number of carboxylic acids is 1. The van der Waals surface area contributed by atoms with E-state index in [-0.39, 0.29) is 12.0 Å². The zero-order chi connectivity index (χ0) is 12.3. The molecule has 3 nitrogen and oxygen atoms in total. The number of hydrogen-bond donors (Lipinski definition) is 1. The van der Waals surface area contributed by atoms with Crippen molar-refractivity contribution in [1.82, 2.24) is 0 Å². The molecule has 0 bridgehead atoms. The summed E-state index contributed by atoms with van der Waals surface area (Å²) in [4.78, 5) is 21.4. The van der Waals surface area contributed by atoms with Gasteiger partial charge in [-0.3, -0.25) is 9.59 Å². The van der Waals surface area contributed by atoms with Crippen molar-refractivity contribution in [2.24, 2.45) is 5.92 Å². The number of carbonyl (C=O) groups excluding carboxylic acids is 1. The highest BCUT2D eigenvalue weighted by Crippen LogP contribution is 2.17. The van der Waals surface area contributed by atoms with E-state index >= 15 is 0 Å². The van der Waals surface area contributed by atoms with Crippen LogP contribution in [0.3, 0.4) is 0 Å². The highest BCUT2D eigenvalue weighted by molar-refractivity contribution is 5.78. The van der Waals surface area contributed by atoms with Crippen molar-refractivity contribution in [2.45, 2.75) is 20.3 Å². The number of carbonyl (C=O) groups is 2. The molecule has 16 heavy (non-hydrogen) atoms. The van der Waals surface area contributed by atoms with Crippen molar-refractivity contribution < 1.29 is 19.1 Å². The molecule has 1 aromatic carbocycles. The van der Waals surface area contributed by atoms with E-state index in [2.05, 4.69) is 0 Å². The minimum atomic E-state index is -0.932. The monoisotopic (exact) mass is 224 g/mol. The number of halogens is 1. The average molecular weight is 224 g/mol. The quantitative estimate of drug-likeness (QED) is 0.798. The summed E-state index contributed by atoms with van der Waals surface area (Å²) in [5, 5.41) is 8.77. The Kier molecular flexibility index (Phi) is 3.77. The molecule has 0 aliphatic carbocycles. The molecule has 1 rings (SSSR count). The lowest BCUT2D eigenvalue weighted by atomic mass is 9.95. The highest BCUT2D eigenvalue weighted by atomic mass is 19.1. The summed E-state index contributed by atoms with van der Waals surface area (Å²) >= 11 is 0. The predicted molar refractivity (Wildman–Crippen MR) is 57.0 cm³/mol. The Morgan fingerprint density at radius 3 is 2.69 bits per heavy atom. The molecule has 0 fully saturated rings. The standard InChI is InChI=1S/C12H13FO3/c1-7-3-9(4-8(2)12(15)16)10(6-14)5-11(7)13/h3,5-6,8H,4H2,1-2H3,(H,15,16). The fraction of sp³-hybridized carbons (Fsp3) is 0.333. The number of aryl methyl sites for hydroxylation is 1. The van der Waals surface area contributed by atoms with Crippen LogP contribution in [0.15, 0.2) is 12.1 Å². The average Bonchev–Trinajstić information content (AvgIpc) is 2.22. The van der Waals surface area contributed by atoms with E-state index in [4.69, 9.17) is 5.11 Å². The molecule has 0 saturated heterocycles. The van der Waals surface area contributed by atoms with Crippen LogP contribution < -0.4 is 0 Å². The van der Waals surface area contributed by atoms with Crippen LogP contribution in [0.2, 0.25) is 0 Å². The molecule has 0 spiro atoms. The molecule has 0 radical (unpaired) electrons. The minimum absolute atomic E-state index is 0.219. The summed E-state index contributed by atoms with van der Waals surface area (Å²) < 4.78 is 13.2. The second-order valence-electron chi connectivity index (χ2n) is 3.86. The van der Waals surface area contributed by atoms with Gasteiger partial charge >= 0.3 is 5.97 Å². The van der Waals surface area contributed by atoms with Gasteiger partial charge in [0.2, 0.25) is 0 Å². The van der Waals surface area contributed by atoms with Crippen molar-refractivity contribution in [3.8, 4) is 0 Å². The summed E-state index contributed by atoms with van der Waals surface area (Å²) in [5.41, 5.74) is 1.21. The Hall–Kier alpha value is -1.71. The Morgan fingerprint density at radius 2 is 2.19 bits per heavy atom. The highest BCUT2D eigenvalue weighted by Gasteiger charge is 2.15. The molecule has 1 unspecified atom stereocenters. The molecule has 86 valence electrons. The fourth-order valence-electron chi connectivity index (χ4n) is 1.46. The number of benzene rings is 1. The first-order valence-electron chi connectivity index (χ1n) is 4.92. The predicted octanol–water partition coefficient (Wildman–Crippen LogP) is 2.21. The third-order valence-corrected chi connectivity index (χ3v) is 2.50. The molecule has 0 saturated carbocycles. The van der Waals surface area contributed by atoms with Gasteiger partial charge in [0, 0.05) is 5.56 Å². The van der Waals surface area contributed by atoms with Gasteiger partial charge in [0.1, 0.15) is 12.1 Å². The molecule has 0 heterocycles. The Balaban J connectivity index is 3.07. The van der Waals surface area contributed by atoms with Crippen LogP contribution in [0.1, 0.15) is 28.4 Å². The normalized spacial score (nSPS) is 12.2. The van der Waals surface area contributed by atoms with Crippen molar-refractivity contribution in [2.75, 3.05) is 0 Å². The van der Waals surface area contributed by atoms with E-state index in [9.17, 15) is 14.0 Å². The smallest absolute Gasteiger partial charge is 0.306 e. The van der Waals surface area contributed by atoms with Gasteiger partial charge in [0.25, 0.3) is 0 Å². The molecule has 4 heteroatoms. The first kappa shape index (κ1) is 12.4. The number of carboxylic acid groups (broad SMARTS) is 1. The molecule has 1 N–H and O–H groups in total.